The molecular formula is C15H18N4O. The van der Waals surface area contributed by atoms with E-state index in [2.05, 4.69) is 16.7 Å². The summed E-state index contributed by atoms with van der Waals surface area (Å²) in [4.78, 5) is 14.1. The van der Waals surface area contributed by atoms with Crippen LogP contribution in [0.1, 0.15) is 12.0 Å². The van der Waals surface area contributed by atoms with Gasteiger partial charge in [0.25, 0.3) is 0 Å². The van der Waals surface area contributed by atoms with Crippen molar-refractivity contribution in [2.45, 2.75) is 6.42 Å². The van der Waals surface area contributed by atoms with Crippen LogP contribution < -0.4 is 10.6 Å². The lowest BCUT2D eigenvalue weighted by molar-refractivity contribution is 0.220. The SMILES string of the molecule is N#Cc1ccc(NC(=O)N2CC3CCNCC3C2)cc1. The molecule has 0 saturated carbocycles. The molecule has 2 saturated heterocycles. The first-order chi connectivity index (χ1) is 9.76. The number of nitrogens with one attached hydrogen (secondary N) is 2. The summed E-state index contributed by atoms with van der Waals surface area (Å²) in [6.07, 6.45) is 1.16. The van der Waals surface area contributed by atoms with Gasteiger partial charge >= 0.3 is 6.03 Å². The number of carbonyl (C=O) groups is 1. The standard InChI is InChI=1S/C15H18N4O/c16-7-11-1-3-14(4-2-11)18-15(20)19-9-12-5-6-17-8-13(12)10-19/h1-4,12-13,17H,5-6,8-10H2,(H,18,20). The van der Waals surface area contributed by atoms with Crippen LogP contribution in [0.5, 0.6) is 0 Å². The highest BCUT2D eigenvalue weighted by atomic mass is 16.2. The van der Waals surface area contributed by atoms with Crippen LogP contribution in [0.15, 0.2) is 24.3 Å². The third kappa shape index (κ3) is 2.61. The topological polar surface area (TPSA) is 68.2 Å². The van der Waals surface area contributed by atoms with Crippen molar-refractivity contribution in [3.63, 3.8) is 0 Å². The van der Waals surface area contributed by atoms with Crippen molar-refractivity contribution in [3.8, 4) is 6.07 Å². The van der Waals surface area contributed by atoms with Gasteiger partial charge in [-0.3, -0.25) is 0 Å². The number of benzene rings is 1. The summed E-state index contributed by atoms with van der Waals surface area (Å²) in [5, 5.41) is 15.0. The molecule has 3 rings (SSSR count). The van der Waals surface area contributed by atoms with E-state index in [1.165, 1.54) is 0 Å². The summed E-state index contributed by atoms with van der Waals surface area (Å²) in [7, 11) is 0. The lowest BCUT2D eigenvalue weighted by Gasteiger charge is -2.23. The first kappa shape index (κ1) is 12.9. The molecule has 2 atom stereocenters. The highest BCUT2D eigenvalue weighted by molar-refractivity contribution is 5.89. The number of nitrogens with zero attached hydrogens (tertiary/aromatic N) is 2. The molecule has 104 valence electrons. The molecule has 20 heavy (non-hydrogen) atoms. The van der Waals surface area contributed by atoms with E-state index in [0.29, 0.717) is 17.4 Å². The minimum absolute atomic E-state index is 0.0379. The zero-order valence-electron chi connectivity index (χ0n) is 11.3. The fraction of sp³-hybridized carbons (Fsp3) is 0.467. The molecule has 1 aromatic rings. The number of nitriles is 1. The van der Waals surface area contributed by atoms with Crippen molar-refractivity contribution in [2.24, 2.45) is 11.8 Å². The van der Waals surface area contributed by atoms with Gasteiger partial charge in [-0.2, -0.15) is 5.26 Å². The van der Waals surface area contributed by atoms with Crippen molar-refractivity contribution >= 4 is 11.7 Å². The van der Waals surface area contributed by atoms with E-state index in [1.54, 1.807) is 24.3 Å². The highest BCUT2D eigenvalue weighted by Crippen LogP contribution is 2.28. The predicted octanol–water partition coefficient (Wildman–Crippen LogP) is 1.63. The number of piperidine rings is 1. The van der Waals surface area contributed by atoms with Crippen LogP contribution in [0.4, 0.5) is 10.5 Å². The minimum Gasteiger partial charge on any atom is -0.324 e. The molecule has 2 unspecified atom stereocenters. The van der Waals surface area contributed by atoms with Gasteiger partial charge in [0, 0.05) is 18.8 Å². The smallest absolute Gasteiger partial charge is 0.321 e. The molecule has 2 N–H and O–H groups in total. The van der Waals surface area contributed by atoms with Gasteiger partial charge in [-0.15, -0.1) is 0 Å². The zero-order valence-corrected chi connectivity index (χ0v) is 11.3. The largest absolute Gasteiger partial charge is 0.324 e. The maximum absolute atomic E-state index is 12.2. The second-order valence-corrected chi connectivity index (χ2v) is 5.54. The summed E-state index contributed by atoms with van der Waals surface area (Å²) in [6.45, 7) is 3.77. The third-order valence-electron chi connectivity index (χ3n) is 4.23. The molecule has 2 heterocycles. The number of rotatable bonds is 1. The molecule has 5 nitrogen and oxygen atoms in total. The lowest BCUT2D eigenvalue weighted by Crippen LogP contribution is -2.35. The Bertz CT molecular complexity index is 520. The monoisotopic (exact) mass is 270 g/mol. The van der Waals surface area contributed by atoms with Gasteiger partial charge in [0.15, 0.2) is 0 Å². The molecule has 1 aromatic carbocycles. The average Bonchev–Trinajstić information content (AvgIpc) is 2.92. The van der Waals surface area contributed by atoms with Crippen molar-refractivity contribution < 1.29 is 4.79 Å². The second-order valence-electron chi connectivity index (χ2n) is 5.54. The molecule has 0 radical (unpaired) electrons. The van der Waals surface area contributed by atoms with Crippen LogP contribution in [-0.2, 0) is 0 Å². The summed E-state index contributed by atoms with van der Waals surface area (Å²) in [5.74, 6) is 1.23. The van der Waals surface area contributed by atoms with E-state index in [-0.39, 0.29) is 6.03 Å². The fourth-order valence-electron chi connectivity index (χ4n) is 3.07. The van der Waals surface area contributed by atoms with E-state index < -0.39 is 0 Å². The van der Waals surface area contributed by atoms with Gasteiger partial charge in [-0.1, -0.05) is 0 Å². The number of carbonyl (C=O) groups excluding carboxylic acids is 1. The van der Waals surface area contributed by atoms with Crippen LogP contribution in [0, 0.1) is 23.2 Å². The summed E-state index contributed by atoms with van der Waals surface area (Å²) >= 11 is 0. The Morgan fingerprint density at radius 1 is 1.30 bits per heavy atom. The third-order valence-corrected chi connectivity index (χ3v) is 4.23. The maximum atomic E-state index is 12.2. The number of hydrogen-bond acceptors (Lipinski definition) is 3. The van der Waals surface area contributed by atoms with Crippen LogP contribution in [0.25, 0.3) is 0 Å². The molecule has 2 fully saturated rings. The Hall–Kier alpha value is -2.06. The van der Waals surface area contributed by atoms with Crippen molar-refractivity contribution in [3.05, 3.63) is 29.8 Å². The molecule has 2 amide bonds. The fourth-order valence-corrected chi connectivity index (χ4v) is 3.07. The Balaban J connectivity index is 1.60. The van der Waals surface area contributed by atoms with Crippen molar-refractivity contribution in [1.82, 2.24) is 10.2 Å². The zero-order chi connectivity index (χ0) is 13.9. The normalized spacial score (nSPS) is 24.9. The first-order valence-corrected chi connectivity index (χ1v) is 7.03. The van der Waals surface area contributed by atoms with Gasteiger partial charge in [0.2, 0.25) is 0 Å². The number of likely N-dealkylation sites (tertiary alicyclic amines) is 1. The van der Waals surface area contributed by atoms with E-state index in [0.717, 1.165) is 38.3 Å². The molecule has 0 bridgehead atoms. The summed E-state index contributed by atoms with van der Waals surface area (Å²) in [5.41, 5.74) is 1.34. The van der Waals surface area contributed by atoms with Gasteiger partial charge in [-0.05, 0) is 55.6 Å². The number of hydrogen-bond donors (Lipinski definition) is 2. The maximum Gasteiger partial charge on any atom is 0.321 e. The predicted molar refractivity (Wildman–Crippen MR) is 76.2 cm³/mol. The Labute approximate surface area is 118 Å². The summed E-state index contributed by atoms with van der Waals surface area (Å²) < 4.78 is 0. The van der Waals surface area contributed by atoms with Crippen molar-refractivity contribution in [2.75, 3.05) is 31.5 Å². The van der Waals surface area contributed by atoms with Crippen LogP contribution in [0.3, 0.4) is 0 Å². The van der Waals surface area contributed by atoms with Gasteiger partial charge < -0.3 is 15.5 Å². The lowest BCUT2D eigenvalue weighted by atomic mass is 9.90. The molecular weight excluding hydrogens is 252 g/mol. The molecule has 0 spiro atoms. The van der Waals surface area contributed by atoms with Gasteiger partial charge in [0.1, 0.15) is 0 Å². The van der Waals surface area contributed by atoms with Crippen LogP contribution in [0.2, 0.25) is 0 Å². The second kappa shape index (κ2) is 5.51. The Morgan fingerprint density at radius 2 is 2.05 bits per heavy atom. The average molecular weight is 270 g/mol. The van der Waals surface area contributed by atoms with E-state index in [1.807, 2.05) is 4.90 Å². The van der Waals surface area contributed by atoms with Crippen LogP contribution in [-0.4, -0.2) is 37.1 Å². The Kier molecular flexibility index (Phi) is 3.57. The van der Waals surface area contributed by atoms with Gasteiger partial charge in [0.05, 0.1) is 11.6 Å². The molecule has 2 aliphatic heterocycles. The molecule has 2 aliphatic rings. The quantitative estimate of drug-likeness (QED) is 0.815. The number of anilines is 1. The molecule has 5 heteroatoms. The minimum atomic E-state index is -0.0379. The first-order valence-electron chi connectivity index (χ1n) is 7.03. The van der Waals surface area contributed by atoms with E-state index in [9.17, 15) is 4.79 Å². The number of urea groups is 1. The number of amides is 2. The van der Waals surface area contributed by atoms with Gasteiger partial charge in [-0.25, -0.2) is 4.79 Å². The Morgan fingerprint density at radius 3 is 2.75 bits per heavy atom. The molecule has 0 aromatic heterocycles. The highest BCUT2D eigenvalue weighted by Gasteiger charge is 2.36. The number of fused-ring (bicyclic) bond motifs is 1. The molecule has 0 aliphatic carbocycles. The van der Waals surface area contributed by atoms with Crippen molar-refractivity contribution in [1.29, 1.82) is 5.26 Å². The summed E-state index contributed by atoms with van der Waals surface area (Å²) in [6, 6.07) is 8.98. The van der Waals surface area contributed by atoms with E-state index in [4.69, 9.17) is 5.26 Å². The van der Waals surface area contributed by atoms with Crippen LogP contribution >= 0.6 is 0 Å². The van der Waals surface area contributed by atoms with E-state index >= 15 is 0 Å².